The number of benzene rings is 2. The number of halogens is 1. The highest BCUT2D eigenvalue weighted by Gasteiger charge is 2.19. The second kappa shape index (κ2) is 7.30. The topological polar surface area (TPSA) is 79.8 Å². The van der Waals surface area contributed by atoms with Crippen LogP contribution in [0.3, 0.4) is 0 Å². The number of ether oxygens (including phenoxy) is 1. The minimum atomic E-state index is -0.398. The van der Waals surface area contributed by atoms with E-state index in [4.69, 9.17) is 4.74 Å². The highest BCUT2D eigenvalue weighted by molar-refractivity contribution is 5.92. The minimum Gasteiger partial charge on any atom is -0.496 e. The van der Waals surface area contributed by atoms with Crippen LogP contribution < -0.4 is 10.4 Å². The number of hydrogen-bond donors (Lipinski definition) is 0. The van der Waals surface area contributed by atoms with Crippen molar-refractivity contribution in [3.8, 4) is 28.0 Å². The van der Waals surface area contributed by atoms with Gasteiger partial charge in [0.25, 0.3) is 0 Å². The van der Waals surface area contributed by atoms with Gasteiger partial charge in [-0.2, -0.15) is 5.10 Å². The fourth-order valence-corrected chi connectivity index (χ4v) is 4.12. The lowest BCUT2D eigenvalue weighted by atomic mass is 9.98. The van der Waals surface area contributed by atoms with Crippen molar-refractivity contribution in [1.82, 2.24) is 28.9 Å². The summed E-state index contributed by atoms with van der Waals surface area (Å²) in [6.07, 6.45) is 3.35. The van der Waals surface area contributed by atoms with Gasteiger partial charge in [-0.05, 0) is 30.7 Å². The zero-order chi connectivity index (χ0) is 22.6. The Bertz CT molecular complexity index is 1560. The molecule has 3 aromatic heterocycles. The van der Waals surface area contributed by atoms with Gasteiger partial charge in [-0.3, -0.25) is 9.13 Å². The van der Waals surface area contributed by atoms with Crippen LogP contribution in [0.2, 0.25) is 0 Å². The Morgan fingerprint density at radius 1 is 1.03 bits per heavy atom. The predicted octanol–water partition coefficient (Wildman–Crippen LogP) is 3.52. The van der Waals surface area contributed by atoms with Gasteiger partial charge in [0.2, 0.25) is 0 Å². The van der Waals surface area contributed by atoms with Crippen LogP contribution in [-0.2, 0) is 20.6 Å². The third-order valence-corrected chi connectivity index (χ3v) is 5.91. The lowest BCUT2D eigenvalue weighted by Crippen LogP contribution is -2.19. The summed E-state index contributed by atoms with van der Waals surface area (Å²) in [6, 6.07) is 8.41. The molecule has 0 unspecified atom stereocenters. The smallest absolute Gasteiger partial charge is 0.328 e. The first-order valence-corrected chi connectivity index (χ1v) is 10.1. The standard InChI is InChI=1S/C23H21FN6O2/c1-5-30-12-25-21-16(11-26-27-22(21)30)13-6-7-17(24)14(8-13)15-9-18-19(10-20(15)32-4)29(3)23(31)28(18)2/h6-12H,5H2,1-4H3. The lowest BCUT2D eigenvalue weighted by molar-refractivity contribution is 0.416. The van der Waals surface area contributed by atoms with E-state index in [0.717, 1.165) is 17.7 Å². The van der Waals surface area contributed by atoms with Crippen LogP contribution in [-0.4, -0.2) is 36.0 Å². The molecule has 0 bridgehead atoms. The van der Waals surface area contributed by atoms with Crippen LogP contribution in [0.4, 0.5) is 4.39 Å². The van der Waals surface area contributed by atoms with Crippen LogP contribution in [0.25, 0.3) is 44.5 Å². The molecule has 0 aliphatic carbocycles. The number of nitrogens with zero attached hydrogens (tertiary/aromatic N) is 6. The van der Waals surface area contributed by atoms with E-state index in [9.17, 15) is 4.79 Å². The average Bonchev–Trinajstić information content (AvgIpc) is 3.33. The molecule has 2 aromatic carbocycles. The lowest BCUT2D eigenvalue weighted by Gasteiger charge is -2.13. The Morgan fingerprint density at radius 2 is 1.78 bits per heavy atom. The second-order valence-electron chi connectivity index (χ2n) is 7.60. The van der Waals surface area contributed by atoms with E-state index in [2.05, 4.69) is 15.2 Å². The van der Waals surface area contributed by atoms with Gasteiger partial charge in [0, 0.05) is 43.4 Å². The third-order valence-electron chi connectivity index (χ3n) is 5.91. The molecule has 9 heteroatoms. The van der Waals surface area contributed by atoms with Crippen LogP contribution in [0.15, 0.2) is 47.7 Å². The van der Waals surface area contributed by atoms with E-state index in [1.807, 2.05) is 11.5 Å². The molecule has 0 aliphatic rings. The van der Waals surface area contributed by atoms with Gasteiger partial charge >= 0.3 is 5.69 Å². The molecule has 32 heavy (non-hydrogen) atoms. The van der Waals surface area contributed by atoms with Crippen molar-refractivity contribution in [2.45, 2.75) is 13.5 Å². The van der Waals surface area contributed by atoms with Gasteiger partial charge in [0.1, 0.15) is 17.1 Å². The average molecular weight is 432 g/mol. The van der Waals surface area contributed by atoms with Crippen molar-refractivity contribution in [3.05, 3.63) is 59.2 Å². The van der Waals surface area contributed by atoms with Gasteiger partial charge in [-0.25, -0.2) is 14.2 Å². The number of fused-ring (bicyclic) bond motifs is 2. The Morgan fingerprint density at radius 3 is 2.50 bits per heavy atom. The van der Waals surface area contributed by atoms with Gasteiger partial charge < -0.3 is 9.30 Å². The number of hydrogen-bond acceptors (Lipinski definition) is 5. The Hall–Kier alpha value is -4.01. The predicted molar refractivity (Wildman–Crippen MR) is 120 cm³/mol. The maximum atomic E-state index is 15.1. The van der Waals surface area contributed by atoms with E-state index < -0.39 is 5.82 Å². The molecule has 0 saturated carbocycles. The van der Waals surface area contributed by atoms with Gasteiger partial charge in [-0.1, -0.05) is 6.07 Å². The SMILES string of the molecule is CCn1cnc2c(-c3ccc(F)c(-c4cc5c(cc4OC)n(C)c(=O)n5C)c3)cnnc21. The van der Waals surface area contributed by atoms with E-state index >= 15 is 4.39 Å². The zero-order valence-electron chi connectivity index (χ0n) is 18.1. The summed E-state index contributed by atoms with van der Waals surface area (Å²) in [6.45, 7) is 2.72. The van der Waals surface area contributed by atoms with Gasteiger partial charge in [-0.15, -0.1) is 5.10 Å². The van der Waals surface area contributed by atoms with Crippen molar-refractivity contribution < 1.29 is 9.13 Å². The molecular weight excluding hydrogens is 411 g/mol. The summed E-state index contributed by atoms with van der Waals surface area (Å²) in [5, 5.41) is 8.32. The molecule has 0 spiro atoms. The van der Waals surface area contributed by atoms with Crippen LogP contribution in [0, 0.1) is 5.82 Å². The van der Waals surface area contributed by atoms with Gasteiger partial charge in [0.15, 0.2) is 5.65 Å². The second-order valence-corrected chi connectivity index (χ2v) is 7.60. The summed E-state index contributed by atoms with van der Waals surface area (Å²) in [5.74, 6) is 0.0766. The van der Waals surface area contributed by atoms with Crippen molar-refractivity contribution in [2.24, 2.45) is 14.1 Å². The molecule has 0 fully saturated rings. The summed E-state index contributed by atoms with van der Waals surface area (Å²) < 4.78 is 25.6. The molecule has 0 N–H and O–H groups in total. The van der Waals surface area contributed by atoms with E-state index in [1.165, 1.54) is 22.3 Å². The molecule has 0 atom stereocenters. The number of aromatic nitrogens is 6. The molecule has 0 aliphatic heterocycles. The maximum absolute atomic E-state index is 15.1. The van der Waals surface area contributed by atoms with E-state index in [1.54, 1.807) is 50.9 Å². The quantitative estimate of drug-likeness (QED) is 0.434. The molecule has 8 nitrogen and oxygen atoms in total. The maximum Gasteiger partial charge on any atom is 0.328 e. The van der Waals surface area contributed by atoms with Crippen LogP contribution >= 0.6 is 0 Å². The summed E-state index contributed by atoms with van der Waals surface area (Å²) in [4.78, 5) is 16.9. The first-order valence-electron chi connectivity index (χ1n) is 10.1. The number of aryl methyl sites for hydroxylation is 3. The van der Waals surface area contributed by atoms with Crippen molar-refractivity contribution in [1.29, 1.82) is 0 Å². The Labute approximate surface area is 182 Å². The molecule has 3 heterocycles. The first-order chi connectivity index (χ1) is 15.4. The van der Waals surface area contributed by atoms with E-state index in [-0.39, 0.29) is 5.69 Å². The highest BCUT2D eigenvalue weighted by Crippen LogP contribution is 2.38. The fraction of sp³-hybridized carbons (Fsp3) is 0.217. The molecule has 0 saturated heterocycles. The molecule has 0 amide bonds. The molecular formula is C23H21FN6O2. The van der Waals surface area contributed by atoms with Crippen molar-refractivity contribution in [3.63, 3.8) is 0 Å². The molecule has 5 rings (SSSR count). The van der Waals surface area contributed by atoms with Crippen molar-refractivity contribution in [2.75, 3.05) is 7.11 Å². The third kappa shape index (κ3) is 2.81. The minimum absolute atomic E-state index is 0.162. The monoisotopic (exact) mass is 432 g/mol. The molecule has 162 valence electrons. The van der Waals surface area contributed by atoms with Crippen LogP contribution in [0.5, 0.6) is 5.75 Å². The summed E-state index contributed by atoms with van der Waals surface area (Å²) in [7, 11) is 4.92. The summed E-state index contributed by atoms with van der Waals surface area (Å²) in [5.41, 5.74) is 5.04. The number of imidazole rings is 2. The van der Waals surface area contributed by atoms with Crippen molar-refractivity contribution >= 4 is 22.2 Å². The van der Waals surface area contributed by atoms with Gasteiger partial charge in [0.05, 0.1) is 30.7 Å². The van der Waals surface area contributed by atoms with E-state index in [0.29, 0.717) is 39.1 Å². The normalized spacial score (nSPS) is 11.5. The Balaban J connectivity index is 1.76. The molecule has 5 aromatic rings. The molecule has 0 radical (unpaired) electrons. The summed E-state index contributed by atoms with van der Waals surface area (Å²) >= 11 is 0. The fourth-order valence-electron chi connectivity index (χ4n) is 4.12. The zero-order valence-corrected chi connectivity index (χ0v) is 18.1. The number of methoxy groups -OCH3 is 1. The first kappa shape index (κ1) is 19.9. The largest absolute Gasteiger partial charge is 0.496 e. The van der Waals surface area contributed by atoms with Crippen LogP contribution in [0.1, 0.15) is 6.92 Å². The Kier molecular flexibility index (Phi) is 4.54. The highest BCUT2D eigenvalue weighted by atomic mass is 19.1. The number of rotatable bonds is 4.